The van der Waals surface area contributed by atoms with Gasteiger partial charge in [0.25, 0.3) is 0 Å². The van der Waals surface area contributed by atoms with Gasteiger partial charge in [-0.3, -0.25) is 4.98 Å². The first-order valence-corrected chi connectivity index (χ1v) is 6.81. The largest absolute Gasteiger partial charge is 0.373 e. The van der Waals surface area contributed by atoms with Crippen molar-refractivity contribution in [1.82, 2.24) is 15.0 Å². The highest BCUT2D eigenvalue weighted by Gasteiger charge is 2.12. The second-order valence-corrected chi connectivity index (χ2v) is 5.02. The van der Waals surface area contributed by atoms with Crippen LogP contribution in [0.3, 0.4) is 0 Å². The Morgan fingerprint density at radius 3 is 2.55 bits per heavy atom. The van der Waals surface area contributed by atoms with Crippen molar-refractivity contribution in [2.75, 3.05) is 17.7 Å². The van der Waals surface area contributed by atoms with Crippen LogP contribution in [0.2, 0.25) is 0 Å². The van der Waals surface area contributed by atoms with Crippen molar-refractivity contribution in [3.63, 3.8) is 0 Å². The summed E-state index contributed by atoms with van der Waals surface area (Å²) in [4.78, 5) is 13.3. The average Bonchev–Trinajstić information content (AvgIpc) is 2.47. The summed E-state index contributed by atoms with van der Waals surface area (Å²) in [6, 6.07) is 3.97. The van der Waals surface area contributed by atoms with Gasteiger partial charge in [-0.1, -0.05) is 19.9 Å². The molecular weight excluding hydrogens is 250 g/mol. The summed E-state index contributed by atoms with van der Waals surface area (Å²) in [5.41, 5.74) is 2.16. The van der Waals surface area contributed by atoms with E-state index in [-0.39, 0.29) is 0 Å². The normalized spacial score (nSPS) is 10.7. The lowest BCUT2D eigenvalue weighted by Crippen LogP contribution is -2.10. The Bertz CT molecular complexity index is 566. The van der Waals surface area contributed by atoms with Gasteiger partial charge in [0.2, 0.25) is 0 Å². The fourth-order valence-electron chi connectivity index (χ4n) is 1.90. The van der Waals surface area contributed by atoms with Crippen LogP contribution in [-0.4, -0.2) is 22.0 Å². The van der Waals surface area contributed by atoms with Crippen molar-refractivity contribution in [3.8, 4) is 0 Å². The zero-order valence-corrected chi connectivity index (χ0v) is 12.4. The van der Waals surface area contributed by atoms with E-state index in [9.17, 15) is 0 Å². The summed E-state index contributed by atoms with van der Waals surface area (Å²) in [6.45, 7) is 6.90. The Balaban J connectivity index is 2.24. The van der Waals surface area contributed by atoms with E-state index >= 15 is 0 Å². The highest BCUT2D eigenvalue weighted by atomic mass is 15.1. The first-order valence-electron chi connectivity index (χ1n) is 6.81. The molecule has 0 aliphatic rings. The predicted octanol–water partition coefficient (Wildman–Crippen LogP) is 2.96. The molecule has 0 spiro atoms. The summed E-state index contributed by atoms with van der Waals surface area (Å²) < 4.78 is 0. The number of aromatic nitrogens is 3. The van der Waals surface area contributed by atoms with Gasteiger partial charge in [-0.2, -0.15) is 0 Å². The molecule has 5 nitrogen and oxygen atoms in total. The van der Waals surface area contributed by atoms with Crippen LogP contribution in [-0.2, 0) is 6.54 Å². The first-order chi connectivity index (χ1) is 9.61. The lowest BCUT2D eigenvalue weighted by Gasteiger charge is -2.15. The molecule has 20 heavy (non-hydrogen) atoms. The lowest BCUT2D eigenvalue weighted by atomic mass is 10.2. The second kappa shape index (κ2) is 6.32. The zero-order chi connectivity index (χ0) is 14.5. The van der Waals surface area contributed by atoms with Crippen LogP contribution in [0.1, 0.15) is 36.7 Å². The van der Waals surface area contributed by atoms with Crippen molar-refractivity contribution in [2.24, 2.45) is 0 Å². The molecule has 2 aromatic rings. The molecule has 0 saturated carbocycles. The Morgan fingerprint density at radius 1 is 1.20 bits per heavy atom. The number of hydrogen-bond acceptors (Lipinski definition) is 5. The molecule has 2 aromatic heterocycles. The van der Waals surface area contributed by atoms with Gasteiger partial charge in [0.1, 0.15) is 17.5 Å². The molecule has 5 heteroatoms. The van der Waals surface area contributed by atoms with Gasteiger partial charge in [-0.05, 0) is 18.6 Å². The van der Waals surface area contributed by atoms with Crippen molar-refractivity contribution < 1.29 is 0 Å². The fourth-order valence-corrected chi connectivity index (χ4v) is 1.90. The van der Waals surface area contributed by atoms with Gasteiger partial charge in [0, 0.05) is 37.5 Å². The summed E-state index contributed by atoms with van der Waals surface area (Å²) in [5, 5.41) is 6.49. The van der Waals surface area contributed by atoms with Gasteiger partial charge in [-0.25, -0.2) is 9.97 Å². The maximum absolute atomic E-state index is 4.61. The number of nitrogens with zero attached hydrogens (tertiary/aromatic N) is 3. The fraction of sp³-hybridized carbons (Fsp3) is 0.400. The molecule has 0 aromatic carbocycles. The van der Waals surface area contributed by atoms with Gasteiger partial charge in [0.05, 0.1) is 0 Å². The summed E-state index contributed by atoms with van der Waals surface area (Å²) in [5.74, 6) is 2.88. The molecule has 0 fully saturated rings. The molecule has 0 radical (unpaired) electrons. The SMILES string of the molecule is CNc1nc(C(C)C)nc(NCc2cccnc2)c1C. The van der Waals surface area contributed by atoms with E-state index in [1.165, 1.54) is 0 Å². The quantitative estimate of drug-likeness (QED) is 0.875. The van der Waals surface area contributed by atoms with E-state index < -0.39 is 0 Å². The second-order valence-electron chi connectivity index (χ2n) is 5.02. The maximum atomic E-state index is 4.61. The smallest absolute Gasteiger partial charge is 0.135 e. The number of hydrogen-bond donors (Lipinski definition) is 2. The first kappa shape index (κ1) is 14.2. The van der Waals surface area contributed by atoms with Crippen LogP contribution < -0.4 is 10.6 Å². The predicted molar refractivity (Wildman–Crippen MR) is 82.0 cm³/mol. The van der Waals surface area contributed by atoms with Crippen LogP contribution in [0.5, 0.6) is 0 Å². The third kappa shape index (κ3) is 3.23. The molecular formula is C15H21N5. The van der Waals surface area contributed by atoms with Crippen molar-refractivity contribution >= 4 is 11.6 Å². The Labute approximate surface area is 119 Å². The Morgan fingerprint density at radius 2 is 1.95 bits per heavy atom. The van der Waals surface area contributed by atoms with Crippen molar-refractivity contribution in [1.29, 1.82) is 0 Å². The molecule has 2 heterocycles. The van der Waals surface area contributed by atoms with Crippen LogP contribution in [0, 0.1) is 6.92 Å². The van der Waals surface area contributed by atoms with E-state index in [1.54, 1.807) is 6.20 Å². The minimum atomic E-state index is 0.293. The number of pyridine rings is 1. The summed E-state index contributed by atoms with van der Waals surface area (Å²) in [7, 11) is 1.88. The van der Waals surface area contributed by atoms with Crippen molar-refractivity contribution in [2.45, 2.75) is 33.2 Å². The van der Waals surface area contributed by atoms with Gasteiger partial charge in [0.15, 0.2) is 0 Å². The van der Waals surface area contributed by atoms with E-state index in [4.69, 9.17) is 0 Å². The maximum Gasteiger partial charge on any atom is 0.135 e. The standard InChI is InChI=1S/C15H21N5/c1-10(2)13-19-14(16-4)11(3)15(20-13)18-9-12-6-5-7-17-8-12/h5-8,10H,9H2,1-4H3,(H2,16,18,19,20). The lowest BCUT2D eigenvalue weighted by molar-refractivity contribution is 0.773. The molecule has 0 saturated heterocycles. The summed E-state index contributed by atoms with van der Waals surface area (Å²) in [6.07, 6.45) is 3.63. The minimum Gasteiger partial charge on any atom is -0.373 e. The van der Waals surface area contributed by atoms with E-state index in [0.29, 0.717) is 12.5 Å². The Hall–Kier alpha value is -2.17. The highest BCUT2D eigenvalue weighted by Crippen LogP contribution is 2.23. The molecule has 0 amide bonds. The molecule has 0 aliphatic heterocycles. The van der Waals surface area contributed by atoms with Crippen molar-refractivity contribution in [3.05, 3.63) is 41.5 Å². The summed E-state index contributed by atoms with van der Waals surface area (Å²) >= 11 is 0. The third-order valence-electron chi connectivity index (χ3n) is 3.10. The molecule has 0 unspecified atom stereocenters. The molecule has 2 rings (SSSR count). The number of rotatable bonds is 5. The number of anilines is 2. The molecule has 0 atom stereocenters. The molecule has 0 bridgehead atoms. The molecule has 2 N–H and O–H groups in total. The average molecular weight is 271 g/mol. The van der Waals surface area contributed by atoms with E-state index in [2.05, 4.69) is 39.4 Å². The van der Waals surface area contributed by atoms with Gasteiger partial charge in [-0.15, -0.1) is 0 Å². The highest BCUT2D eigenvalue weighted by molar-refractivity contribution is 5.57. The van der Waals surface area contributed by atoms with Crippen LogP contribution in [0.25, 0.3) is 0 Å². The topological polar surface area (TPSA) is 62.7 Å². The van der Waals surface area contributed by atoms with Crippen LogP contribution in [0.4, 0.5) is 11.6 Å². The Kier molecular flexibility index (Phi) is 4.50. The van der Waals surface area contributed by atoms with Gasteiger partial charge < -0.3 is 10.6 Å². The van der Waals surface area contributed by atoms with Crippen LogP contribution in [0.15, 0.2) is 24.5 Å². The van der Waals surface area contributed by atoms with Crippen LogP contribution >= 0.6 is 0 Å². The van der Waals surface area contributed by atoms with E-state index in [1.807, 2.05) is 32.3 Å². The third-order valence-corrected chi connectivity index (χ3v) is 3.10. The molecule has 0 aliphatic carbocycles. The zero-order valence-electron chi connectivity index (χ0n) is 12.4. The van der Waals surface area contributed by atoms with E-state index in [0.717, 1.165) is 28.6 Å². The minimum absolute atomic E-state index is 0.293. The monoisotopic (exact) mass is 271 g/mol. The van der Waals surface area contributed by atoms with Gasteiger partial charge >= 0.3 is 0 Å². The number of nitrogens with one attached hydrogen (secondary N) is 2. The molecule has 106 valence electrons.